The maximum atomic E-state index is 12.6. The quantitative estimate of drug-likeness (QED) is 0.356. The van der Waals surface area contributed by atoms with Crippen molar-refractivity contribution in [3.63, 3.8) is 0 Å². The number of rotatable bonds is 6. The number of aliphatic hydroxyl groups excluding tert-OH is 1. The van der Waals surface area contributed by atoms with E-state index in [4.69, 9.17) is 11.6 Å². The van der Waals surface area contributed by atoms with Crippen molar-refractivity contribution in [2.75, 3.05) is 0 Å². The minimum absolute atomic E-state index is 0.121. The van der Waals surface area contributed by atoms with Crippen molar-refractivity contribution in [3.05, 3.63) is 79.8 Å². The molecule has 0 aliphatic carbocycles. The second-order valence-electron chi connectivity index (χ2n) is 5.90. The van der Waals surface area contributed by atoms with Crippen LogP contribution in [0, 0.1) is 17.0 Å². The number of thiazole rings is 1. The normalized spacial score (nSPS) is 12.0. The minimum atomic E-state index is -1.26. The van der Waals surface area contributed by atoms with Crippen molar-refractivity contribution in [1.29, 1.82) is 0 Å². The first-order valence-electron chi connectivity index (χ1n) is 8.04. The summed E-state index contributed by atoms with van der Waals surface area (Å²) >= 11 is 7.12. The molecule has 0 bridgehead atoms. The summed E-state index contributed by atoms with van der Waals surface area (Å²) in [6, 6.07) is 13.0. The van der Waals surface area contributed by atoms with E-state index in [1.165, 1.54) is 29.5 Å². The van der Waals surface area contributed by atoms with Crippen LogP contribution in [-0.4, -0.2) is 20.8 Å². The SMILES string of the molecule is Cc1nc(-c2ccc(Cl)cc2)sc1C(=O)CC(O)c1ccccc1[N+](=O)[O-]. The van der Waals surface area contributed by atoms with Gasteiger partial charge in [-0.15, -0.1) is 11.3 Å². The molecule has 0 saturated heterocycles. The van der Waals surface area contributed by atoms with Gasteiger partial charge in [0.25, 0.3) is 5.69 Å². The zero-order valence-corrected chi connectivity index (χ0v) is 15.8. The molecule has 1 unspecified atom stereocenters. The molecule has 0 fully saturated rings. The molecule has 8 heteroatoms. The molecule has 1 heterocycles. The van der Waals surface area contributed by atoms with Crippen molar-refractivity contribution in [2.45, 2.75) is 19.4 Å². The molecule has 0 amide bonds. The molecule has 1 atom stereocenters. The second-order valence-corrected chi connectivity index (χ2v) is 7.33. The molecular formula is C19H15ClN2O4S. The second kappa shape index (κ2) is 7.96. The predicted molar refractivity (Wildman–Crippen MR) is 104 cm³/mol. The fraction of sp³-hybridized carbons (Fsp3) is 0.158. The average Bonchev–Trinajstić information content (AvgIpc) is 3.04. The number of ketones is 1. The summed E-state index contributed by atoms with van der Waals surface area (Å²) in [6.45, 7) is 1.72. The molecule has 3 aromatic rings. The molecule has 0 radical (unpaired) electrons. The van der Waals surface area contributed by atoms with Gasteiger partial charge in [-0.3, -0.25) is 14.9 Å². The lowest BCUT2D eigenvalue weighted by Crippen LogP contribution is -2.09. The van der Waals surface area contributed by atoms with Crippen LogP contribution in [0.25, 0.3) is 10.6 Å². The van der Waals surface area contributed by atoms with Crippen molar-refractivity contribution in [2.24, 2.45) is 0 Å². The number of aryl methyl sites for hydroxylation is 1. The van der Waals surface area contributed by atoms with Crippen LogP contribution in [0.3, 0.4) is 0 Å². The molecule has 3 rings (SSSR count). The van der Waals surface area contributed by atoms with Crippen LogP contribution in [0.1, 0.15) is 33.5 Å². The molecule has 1 aromatic heterocycles. The van der Waals surface area contributed by atoms with Gasteiger partial charge in [0.2, 0.25) is 0 Å². The lowest BCUT2D eigenvalue weighted by atomic mass is 10.0. The molecule has 138 valence electrons. The number of para-hydroxylation sites is 1. The number of aliphatic hydroxyl groups is 1. The van der Waals surface area contributed by atoms with Gasteiger partial charge in [0.05, 0.1) is 27.2 Å². The first-order valence-corrected chi connectivity index (χ1v) is 9.24. The van der Waals surface area contributed by atoms with Gasteiger partial charge in [0.1, 0.15) is 5.01 Å². The number of nitro groups is 1. The lowest BCUT2D eigenvalue weighted by Gasteiger charge is -2.10. The van der Waals surface area contributed by atoms with Crippen LogP contribution >= 0.6 is 22.9 Å². The number of hydrogen-bond donors (Lipinski definition) is 1. The Morgan fingerprint density at radius 1 is 1.26 bits per heavy atom. The average molecular weight is 403 g/mol. The number of carbonyl (C=O) groups is 1. The van der Waals surface area contributed by atoms with Gasteiger partial charge in [-0.1, -0.05) is 35.9 Å². The molecule has 6 nitrogen and oxygen atoms in total. The van der Waals surface area contributed by atoms with Crippen molar-refractivity contribution in [1.82, 2.24) is 4.98 Å². The third kappa shape index (κ3) is 4.21. The van der Waals surface area contributed by atoms with Crippen LogP contribution in [-0.2, 0) is 0 Å². The van der Waals surface area contributed by atoms with Crippen LogP contribution in [0.2, 0.25) is 5.02 Å². The van der Waals surface area contributed by atoms with Gasteiger partial charge >= 0.3 is 0 Å². The molecule has 0 aliphatic rings. The van der Waals surface area contributed by atoms with Gasteiger partial charge < -0.3 is 5.11 Å². The van der Waals surface area contributed by atoms with Gasteiger partial charge in [-0.05, 0) is 25.1 Å². The number of halogens is 1. The van der Waals surface area contributed by atoms with Crippen molar-refractivity contribution in [3.8, 4) is 10.6 Å². The Bertz CT molecular complexity index is 1000. The van der Waals surface area contributed by atoms with E-state index in [0.29, 0.717) is 20.6 Å². The number of Topliss-reactive ketones (excluding diaryl/α,β-unsaturated/α-hetero) is 1. The van der Waals surface area contributed by atoms with Gasteiger partial charge in [-0.2, -0.15) is 0 Å². The zero-order valence-electron chi connectivity index (χ0n) is 14.3. The maximum absolute atomic E-state index is 12.6. The highest BCUT2D eigenvalue weighted by Crippen LogP contribution is 2.32. The fourth-order valence-corrected chi connectivity index (χ4v) is 3.83. The van der Waals surface area contributed by atoms with E-state index in [1.807, 2.05) is 12.1 Å². The molecular weight excluding hydrogens is 388 g/mol. The Kier molecular flexibility index (Phi) is 5.65. The highest BCUT2D eigenvalue weighted by Gasteiger charge is 2.24. The van der Waals surface area contributed by atoms with Gasteiger partial charge in [-0.25, -0.2) is 4.98 Å². The number of nitro benzene ring substituents is 1. The molecule has 0 saturated carbocycles. The van der Waals surface area contributed by atoms with E-state index in [1.54, 1.807) is 25.1 Å². The predicted octanol–water partition coefficient (Wildman–Crippen LogP) is 4.99. The van der Waals surface area contributed by atoms with Crippen LogP contribution in [0.4, 0.5) is 5.69 Å². The topological polar surface area (TPSA) is 93.3 Å². The van der Waals surface area contributed by atoms with E-state index >= 15 is 0 Å². The minimum Gasteiger partial charge on any atom is -0.388 e. The summed E-state index contributed by atoms with van der Waals surface area (Å²) in [5.74, 6) is -0.309. The van der Waals surface area contributed by atoms with Crippen LogP contribution in [0.5, 0.6) is 0 Å². The number of nitrogens with zero attached hydrogens (tertiary/aromatic N) is 2. The largest absolute Gasteiger partial charge is 0.388 e. The Labute approximate surface area is 164 Å². The standard InChI is InChI=1S/C19H15ClN2O4S/c1-11-18(27-19(21-11)12-6-8-13(20)9-7-12)17(24)10-16(23)14-4-2-3-5-15(14)22(25)26/h2-9,16,23H,10H2,1H3. The summed E-state index contributed by atoms with van der Waals surface area (Å²) in [4.78, 5) is 28.0. The number of aromatic nitrogens is 1. The highest BCUT2D eigenvalue weighted by atomic mass is 35.5. The third-order valence-electron chi connectivity index (χ3n) is 4.01. The first-order chi connectivity index (χ1) is 12.9. The third-order valence-corrected chi connectivity index (χ3v) is 5.51. The number of hydrogen-bond acceptors (Lipinski definition) is 6. The summed E-state index contributed by atoms with van der Waals surface area (Å²) in [7, 11) is 0. The summed E-state index contributed by atoms with van der Waals surface area (Å²) < 4.78 is 0. The van der Waals surface area contributed by atoms with E-state index in [9.17, 15) is 20.0 Å². The monoisotopic (exact) mass is 402 g/mol. The number of benzene rings is 2. The highest BCUT2D eigenvalue weighted by molar-refractivity contribution is 7.17. The van der Waals surface area contributed by atoms with Crippen LogP contribution in [0.15, 0.2) is 48.5 Å². The van der Waals surface area contributed by atoms with E-state index in [2.05, 4.69) is 4.98 Å². The van der Waals surface area contributed by atoms with Crippen molar-refractivity contribution < 1.29 is 14.8 Å². The Balaban J connectivity index is 1.83. The maximum Gasteiger partial charge on any atom is 0.275 e. The Morgan fingerprint density at radius 3 is 2.59 bits per heavy atom. The summed E-state index contributed by atoms with van der Waals surface area (Å²) in [6.07, 6.45) is -1.52. The van der Waals surface area contributed by atoms with Gasteiger partial charge in [0, 0.05) is 23.1 Å². The first kappa shape index (κ1) is 19.2. The molecule has 2 aromatic carbocycles. The summed E-state index contributed by atoms with van der Waals surface area (Å²) in [5.41, 5.74) is 1.31. The summed E-state index contributed by atoms with van der Waals surface area (Å²) in [5, 5.41) is 22.8. The molecule has 0 spiro atoms. The molecule has 1 N–H and O–H groups in total. The number of carbonyl (C=O) groups excluding carboxylic acids is 1. The van der Waals surface area contributed by atoms with Crippen LogP contribution < -0.4 is 0 Å². The lowest BCUT2D eigenvalue weighted by molar-refractivity contribution is -0.386. The van der Waals surface area contributed by atoms with E-state index in [0.717, 1.165) is 5.56 Å². The van der Waals surface area contributed by atoms with Gasteiger partial charge in [0.15, 0.2) is 5.78 Å². The molecule has 0 aliphatic heterocycles. The Hall–Kier alpha value is -2.61. The zero-order chi connectivity index (χ0) is 19.6. The molecule has 27 heavy (non-hydrogen) atoms. The van der Waals surface area contributed by atoms with E-state index in [-0.39, 0.29) is 23.5 Å². The Morgan fingerprint density at radius 2 is 1.93 bits per heavy atom. The van der Waals surface area contributed by atoms with Crippen molar-refractivity contribution >= 4 is 34.4 Å². The fourth-order valence-electron chi connectivity index (χ4n) is 2.68. The smallest absolute Gasteiger partial charge is 0.275 e. The van der Waals surface area contributed by atoms with E-state index < -0.39 is 11.0 Å².